The molecule has 11 nitrogen and oxygen atoms in total. The lowest BCUT2D eigenvalue weighted by Crippen LogP contribution is -2.71. The average molecular weight is 530 g/mol. The third kappa shape index (κ3) is 4.32. The van der Waals surface area contributed by atoms with Gasteiger partial charge in [0.15, 0.2) is 29.3 Å². The quantitative estimate of drug-likeness (QED) is 0.205. The highest BCUT2D eigenvalue weighted by Crippen LogP contribution is 2.40. The third-order valence-corrected chi connectivity index (χ3v) is 8.46. The van der Waals surface area contributed by atoms with Crippen molar-refractivity contribution >= 4 is 51.7 Å². The first-order chi connectivity index (χ1) is 17.4. The molecule has 2 aromatic rings. The molecule has 1 unspecified atom stereocenters. The molecule has 5 rings (SSSR count). The molecular formula is C23H25N6O5S2+. The maximum atomic E-state index is 13.1. The Hall–Kier alpha value is -3.45. The Labute approximate surface area is 215 Å². The summed E-state index contributed by atoms with van der Waals surface area (Å²) in [4.78, 5) is 48.4. The zero-order valence-corrected chi connectivity index (χ0v) is 21.1. The molecule has 0 spiro atoms. The van der Waals surface area contributed by atoms with Gasteiger partial charge >= 0.3 is 5.97 Å². The zero-order chi connectivity index (χ0) is 25.4. The SMILES string of the molecule is CO/N=C(/C(=O)NC1C(=O)N2C(C(=O)O)=C(C[n+]3cccc4c3CCCC4)CS[C@H]12)c1csc(N)n1. The van der Waals surface area contributed by atoms with Crippen LogP contribution in [0.15, 0.2) is 40.1 Å². The molecule has 13 heteroatoms. The van der Waals surface area contributed by atoms with E-state index in [0.717, 1.165) is 37.0 Å². The number of thioether (sulfide) groups is 1. The first-order valence-corrected chi connectivity index (χ1v) is 13.4. The highest BCUT2D eigenvalue weighted by molar-refractivity contribution is 8.00. The second-order valence-corrected chi connectivity index (χ2v) is 10.6. The van der Waals surface area contributed by atoms with E-state index in [2.05, 4.69) is 26.1 Å². The van der Waals surface area contributed by atoms with Crippen LogP contribution < -0.4 is 15.6 Å². The number of aliphatic carboxylic acids is 1. The minimum Gasteiger partial charge on any atom is -0.477 e. The van der Waals surface area contributed by atoms with E-state index < -0.39 is 29.2 Å². The molecule has 1 saturated heterocycles. The van der Waals surface area contributed by atoms with E-state index in [1.54, 1.807) is 5.38 Å². The maximum absolute atomic E-state index is 13.1. The first kappa shape index (κ1) is 24.3. The summed E-state index contributed by atoms with van der Waals surface area (Å²) in [5.74, 6) is -1.86. The van der Waals surface area contributed by atoms with Gasteiger partial charge in [-0.25, -0.2) is 9.78 Å². The van der Waals surface area contributed by atoms with Crippen molar-refractivity contribution in [1.82, 2.24) is 15.2 Å². The predicted molar refractivity (Wildman–Crippen MR) is 133 cm³/mol. The van der Waals surface area contributed by atoms with Crippen LogP contribution in [0.5, 0.6) is 0 Å². The molecule has 1 fully saturated rings. The number of hydrogen-bond acceptors (Lipinski definition) is 9. The number of nitrogens with one attached hydrogen (secondary N) is 1. The second-order valence-electron chi connectivity index (χ2n) is 8.63. The summed E-state index contributed by atoms with van der Waals surface area (Å²) < 4.78 is 2.10. The predicted octanol–water partition coefficient (Wildman–Crippen LogP) is 0.681. The number of pyridine rings is 1. The van der Waals surface area contributed by atoms with E-state index >= 15 is 0 Å². The molecule has 0 aromatic carbocycles. The van der Waals surface area contributed by atoms with E-state index in [9.17, 15) is 19.5 Å². The molecule has 2 amide bonds. The van der Waals surface area contributed by atoms with Gasteiger partial charge in [-0.1, -0.05) is 5.16 Å². The number of fused-ring (bicyclic) bond motifs is 2. The Bertz CT molecular complexity index is 1310. The number of carboxylic acid groups (broad SMARTS) is 1. The molecule has 3 aliphatic rings. The van der Waals surface area contributed by atoms with Crippen LogP contribution in [0.1, 0.15) is 29.8 Å². The number of anilines is 1. The molecule has 0 saturated carbocycles. The van der Waals surface area contributed by atoms with Crippen LogP contribution in [0.2, 0.25) is 0 Å². The summed E-state index contributed by atoms with van der Waals surface area (Å²) in [5, 5.41) is 17.7. The number of nitrogens with zero attached hydrogens (tertiary/aromatic N) is 4. The van der Waals surface area contributed by atoms with Gasteiger partial charge in [-0.05, 0) is 25.3 Å². The molecule has 4 N–H and O–H groups in total. The topological polar surface area (TPSA) is 151 Å². The minimum atomic E-state index is -1.15. The minimum absolute atomic E-state index is 0.00628. The molecule has 36 heavy (non-hydrogen) atoms. The van der Waals surface area contributed by atoms with Crippen molar-refractivity contribution in [3.63, 3.8) is 0 Å². The lowest BCUT2D eigenvalue weighted by molar-refractivity contribution is -0.697. The fraction of sp³-hybridized carbons (Fsp3) is 0.391. The number of carboxylic acids is 1. The largest absolute Gasteiger partial charge is 0.477 e. The summed E-state index contributed by atoms with van der Waals surface area (Å²) >= 11 is 2.57. The van der Waals surface area contributed by atoms with Gasteiger partial charge in [0.1, 0.15) is 29.9 Å². The van der Waals surface area contributed by atoms with Gasteiger partial charge < -0.3 is 21.0 Å². The highest BCUT2D eigenvalue weighted by atomic mass is 32.2. The summed E-state index contributed by atoms with van der Waals surface area (Å²) in [7, 11) is 1.30. The zero-order valence-electron chi connectivity index (χ0n) is 19.5. The van der Waals surface area contributed by atoms with Gasteiger partial charge in [0.05, 0.1) is 0 Å². The highest BCUT2D eigenvalue weighted by Gasteiger charge is 2.55. The van der Waals surface area contributed by atoms with Crippen molar-refractivity contribution in [2.45, 2.75) is 43.6 Å². The Morgan fingerprint density at radius 1 is 1.39 bits per heavy atom. The number of β-lactam (4-membered cyclic amide) rings is 1. The number of aryl methyl sites for hydroxylation is 1. The lowest BCUT2D eigenvalue weighted by Gasteiger charge is -2.49. The van der Waals surface area contributed by atoms with E-state index in [4.69, 9.17) is 10.6 Å². The average Bonchev–Trinajstić information content (AvgIpc) is 3.31. The number of rotatable bonds is 7. The number of carbonyl (C=O) groups excluding carboxylic acids is 2. The van der Waals surface area contributed by atoms with Gasteiger partial charge in [-0.15, -0.1) is 23.1 Å². The van der Waals surface area contributed by atoms with Crippen LogP contribution in [0.25, 0.3) is 0 Å². The molecule has 2 atom stereocenters. The standard InChI is InChI=1S/C23H24N6O5S2/c1-34-27-16(14-11-36-23(24)25-14)19(30)26-17-20(31)29-18(22(32)33)13(10-35-21(17)29)9-28-8-4-6-12-5-2-3-7-15(12)28/h4,6,8,11,17,21H,2-3,5,7,9-10H2,1H3,(H3-,24,25,26,30,32,33)/p+1/b27-16+/t17?,21-/m1/s1. The number of carbonyl (C=O) groups is 3. The molecule has 0 bridgehead atoms. The second kappa shape index (κ2) is 9.90. The van der Waals surface area contributed by atoms with Crippen molar-refractivity contribution in [1.29, 1.82) is 0 Å². The number of oxime groups is 1. The molecule has 4 heterocycles. The normalized spacial score (nSPS) is 21.4. The van der Waals surface area contributed by atoms with E-state index in [1.165, 1.54) is 35.0 Å². The molecule has 0 radical (unpaired) electrons. The monoisotopic (exact) mass is 529 g/mol. The Balaban J connectivity index is 1.36. The smallest absolute Gasteiger partial charge is 0.352 e. The maximum Gasteiger partial charge on any atom is 0.352 e. The number of amides is 2. The van der Waals surface area contributed by atoms with Crippen LogP contribution in [0.4, 0.5) is 5.13 Å². The van der Waals surface area contributed by atoms with Crippen molar-refractivity contribution in [3.05, 3.63) is 51.9 Å². The van der Waals surface area contributed by atoms with Crippen molar-refractivity contribution in [3.8, 4) is 0 Å². The van der Waals surface area contributed by atoms with Gasteiger partial charge in [-0.2, -0.15) is 4.57 Å². The number of nitrogens with two attached hydrogens (primary N) is 1. The fourth-order valence-electron chi connectivity index (χ4n) is 4.83. The Kier molecular flexibility index (Phi) is 6.67. The summed E-state index contributed by atoms with van der Waals surface area (Å²) in [6.07, 6.45) is 6.20. The van der Waals surface area contributed by atoms with Crippen LogP contribution in [-0.2, 0) is 38.6 Å². The van der Waals surface area contributed by atoms with Gasteiger partial charge in [0.25, 0.3) is 11.8 Å². The molecule has 1 aliphatic carbocycles. The Morgan fingerprint density at radius 2 is 2.19 bits per heavy atom. The van der Waals surface area contributed by atoms with Crippen LogP contribution >= 0.6 is 23.1 Å². The lowest BCUT2D eigenvalue weighted by atomic mass is 9.95. The molecule has 2 aromatic heterocycles. The summed E-state index contributed by atoms with van der Waals surface area (Å²) in [6.45, 7) is 0.404. The van der Waals surface area contributed by atoms with Gasteiger partial charge in [0.2, 0.25) is 0 Å². The summed E-state index contributed by atoms with van der Waals surface area (Å²) in [5.41, 5.74) is 8.96. The van der Waals surface area contributed by atoms with Gasteiger partial charge in [0, 0.05) is 34.8 Å². The third-order valence-electron chi connectivity index (χ3n) is 6.45. The van der Waals surface area contributed by atoms with Crippen molar-refractivity contribution < 1.29 is 28.9 Å². The van der Waals surface area contributed by atoms with Crippen LogP contribution in [0, 0.1) is 0 Å². The van der Waals surface area contributed by atoms with Crippen molar-refractivity contribution in [2.75, 3.05) is 18.6 Å². The molecule has 188 valence electrons. The van der Waals surface area contributed by atoms with E-state index in [1.807, 2.05) is 12.3 Å². The summed E-state index contributed by atoms with van der Waals surface area (Å²) in [6, 6.07) is 3.21. The number of thiazole rings is 1. The van der Waals surface area contributed by atoms with Crippen LogP contribution in [-0.4, -0.2) is 62.8 Å². The van der Waals surface area contributed by atoms with E-state index in [-0.39, 0.29) is 22.2 Å². The molecular weight excluding hydrogens is 504 g/mol. The van der Waals surface area contributed by atoms with Crippen LogP contribution in [0.3, 0.4) is 0 Å². The number of aromatic nitrogens is 2. The van der Waals surface area contributed by atoms with E-state index in [0.29, 0.717) is 17.9 Å². The number of hydrogen-bond donors (Lipinski definition) is 3. The van der Waals surface area contributed by atoms with Gasteiger partial charge in [-0.3, -0.25) is 14.5 Å². The Morgan fingerprint density at radius 3 is 2.92 bits per heavy atom. The fourth-order valence-corrected chi connectivity index (χ4v) is 6.72. The number of nitrogen functional groups attached to an aromatic ring is 1. The molecule has 2 aliphatic heterocycles. The van der Waals surface area contributed by atoms with Crippen molar-refractivity contribution in [2.24, 2.45) is 5.16 Å². The first-order valence-electron chi connectivity index (χ1n) is 11.4.